The molecule has 18 heavy (non-hydrogen) atoms. The molecule has 98 valence electrons. The van der Waals surface area contributed by atoms with Crippen molar-refractivity contribution in [2.24, 2.45) is 0 Å². The van der Waals surface area contributed by atoms with Crippen molar-refractivity contribution in [2.75, 3.05) is 25.5 Å². The molecule has 1 aromatic carbocycles. The number of hydrogen-bond acceptors (Lipinski definition) is 4. The van der Waals surface area contributed by atoms with E-state index in [-0.39, 0.29) is 10.6 Å². The average molecular weight is 361 g/mol. The van der Waals surface area contributed by atoms with Crippen molar-refractivity contribution in [3.8, 4) is 0 Å². The van der Waals surface area contributed by atoms with Crippen molar-refractivity contribution < 1.29 is 4.92 Å². The van der Waals surface area contributed by atoms with Gasteiger partial charge in [-0.2, -0.15) is 0 Å². The van der Waals surface area contributed by atoms with Crippen LogP contribution in [0, 0.1) is 13.7 Å². The van der Waals surface area contributed by atoms with Crippen LogP contribution in [-0.2, 0) is 0 Å². The Hall–Kier alpha value is -0.890. The predicted molar refractivity (Wildman–Crippen MR) is 80.0 cm³/mol. The van der Waals surface area contributed by atoms with Crippen molar-refractivity contribution in [3.05, 3.63) is 31.9 Å². The van der Waals surface area contributed by atoms with E-state index in [1.165, 1.54) is 0 Å². The molecule has 1 saturated heterocycles. The van der Waals surface area contributed by atoms with E-state index in [2.05, 4.69) is 39.9 Å². The maximum absolute atomic E-state index is 11.0. The van der Waals surface area contributed by atoms with E-state index in [0.29, 0.717) is 11.7 Å². The predicted octanol–water partition coefficient (Wildman–Crippen LogP) is 2.71. The third kappa shape index (κ3) is 3.32. The third-order valence-electron chi connectivity index (χ3n) is 3.23. The van der Waals surface area contributed by atoms with E-state index in [0.717, 1.165) is 29.5 Å². The molecule has 1 fully saturated rings. The van der Waals surface area contributed by atoms with Gasteiger partial charge < -0.3 is 10.2 Å². The number of nitro groups is 1. The minimum Gasteiger partial charge on any atom is -0.377 e. The van der Waals surface area contributed by atoms with Crippen LogP contribution in [0.2, 0.25) is 0 Å². The highest BCUT2D eigenvalue weighted by Crippen LogP contribution is 2.28. The lowest BCUT2D eigenvalue weighted by atomic mass is 10.1. The number of nitro benzene ring substituents is 1. The Bertz CT molecular complexity index is 445. The Kier molecular flexibility index (Phi) is 4.39. The lowest BCUT2D eigenvalue weighted by molar-refractivity contribution is -0.384. The van der Waals surface area contributed by atoms with Crippen molar-refractivity contribution in [2.45, 2.75) is 18.9 Å². The Morgan fingerprint density at radius 3 is 2.72 bits per heavy atom. The second kappa shape index (κ2) is 5.83. The fourth-order valence-electron chi connectivity index (χ4n) is 2.15. The zero-order valence-electron chi connectivity index (χ0n) is 10.2. The number of anilines is 1. The maximum atomic E-state index is 11.0. The number of rotatable bonds is 3. The first-order chi connectivity index (χ1) is 8.56. The molecule has 1 aliphatic rings. The van der Waals surface area contributed by atoms with Crippen molar-refractivity contribution in [1.29, 1.82) is 0 Å². The lowest BCUT2D eigenvalue weighted by Gasteiger charge is -2.30. The molecule has 0 amide bonds. The summed E-state index contributed by atoms with van der Waals surface area (Å²) in [6.07, 6.45) is 2.05. The fourth-order valence-corrected chi connectivity index (χ4v) is 2.63. The molecule has 5 nitrogen and oxygen atoms in total. The van der Waals surface area contributed by atoms with Gasteiger partial charge in [0.2, 0.25) is 0 Å². The molecule has 2 rings (SSSR count). The molecule has 0 atom stereocenters. The van der Waals surface area contributed by atoms with Crippen LogP contribution in [-0.4, -0.2) is 36.0 Å². The summed E-state index contributed by atoms with van der Waals surface area (Å²) >= 11 is 2.09. The largest absolute Gasteiger partial charge is 0.377 e. The third-order valence-corrected chi connectivity index (χ3v) is 3.91. The minimum atomic E-state index is -0.320. The number of nitrogens with zero attached hydrogens (tertiary/aromatic N) is 2. The molecular formula is C12H16IN3O2. The van der Waals surface area contributed by atoms with Gasteiger partial charge in [0.25, 0.3) is 5.69 Å². The molecular weight excluding hydrogens is 345 g/mol. The van der Waals surface area contributed by atoms with Crippen molar-refractivity contribution in [1.82, 2.24) is 4.90 Å². The fraction of sp³-hybridized carbons (Fsp3) is 0.500. The molecule has 0 radical (unpaired) electrons. The van der Waals surface area contributed by atoms with Crippen LogP contribution in [0.15, 0.2) is 18.2 Å². The monoisotopic (exact) mass is 361 g/mol. The summed E-state index contributed by atoms with van der Waals surface area (Å²) in [6.45, 7) is 2.08. The normalized spacial score (nSPS) is 17.7. The van der Waals surface area contributed by atoms with Crippen LogP contribution in [0.1, 0.15) is 12.8 Å². The Balaban J connectivity index is 2.11. The van der Waals surface area contributed by atoms with E-state index >= 15 is 0 Å². The van der Waals surface area contributed by atoms with Crippen LogP contribution >= 0.6 is 22.6 Å². The summed E-state index contributed by atoms with van der Waals surface area (Å²) in [4.78, 5) is 13.0. The number of benzene rings is 1. The van der Waals surface area contributed by atoms with Gasteiger partial charge in [-0.1, -0.05) is 0 Å². The van der Waals surface area contributed by atoms with Gasteiger partial charge in [0.1, 0.15) is 5.69 Å². The first-order valence-electron chi connectivity index (χ1n) is 5.95. The number of halogens is 1. The summed E-state index contributed by atoms with van der Waals surface area (Å²) in [7, 11) is 2.10. The zero-order chi connectivity index (χ0) is 13.1. The Morgan fingerprint density at radius 2 is 2.11 bits per heavy atom. The molecule has 0 unspecified atom stereocenters. The maximum Gasteiger partial charge on any atom is 0.293 e. The van der Waals surface area contributed by atoms with Crippen LogP contribution in [0.25, 0.3) is 0 Å². The molecule has 0 aliphatic carbocycles. The van der Waals surface area contributed by atoms with Crippen LogP contribution < -0.4 is 5.32 Å². The van der Waals surface area contributed by atoms with E-state index in [1.807, 2.05) is 6.07 Å². The minimum absolute atomic E-state index is 0.167. The van der Waals surface area contributed by atoms with Gasteiger partial charge >= 0.3 is 0 Å². The first kappa shape index (κ1) is 13.5. The van der Waals surface area contributed by atoms with Gasteiger partial charge in [-0.05, 0) is 67.7 Å². The van der Waals surface area contributed by atoms with Crippen LogP contribution in [0.5, 0.6) is 0 Å². The standard InChI is InChI=1S/C12H16IN3O2/c1-15-6-4-10(5-7-15)14-11-3-2-9(13)8-12(11)16(17)18/h2-3,8,10,14H,4-7H2,1H3. The Morgan fingerprint density at radius 1 is 1.44 bits per heavy atom. The van der Waals surface area contributed by atoms with Gasteiger partial charge in [0.05, 0.1) is 4.92 Å². The van der Waals surface area contributed by atoms with Crippen LogP contribution in [0.4, 0.5) is 11.4 Å². The van der Waals surface area contributed by atoms with Gasteiger partial charge in [-0.15, -0.1) is 0 Å². The van der Waals surface area contributed by atoms with Crippen molar-refractivity contribution in [3.63, 3.8) is 0 Å². The molecule has 1 aromatic rings. The quantitative estimate of drug-likeness (QED) is 0.511. The highest BCUT2D eigenvalue weighted by atomic mass is 127. The van der Waals surface area contributed by atoms with Gasteiger partial charge in [0.15, 0.2) is 0 Å². The SMILES string of the molecule is CN1CCC(Nc2ccc(I)cc2[N+](=O)[O-])CC1. The summed E-state index contributed by atoms with van der Waals surface area (Å²) < 4.78 is 0.883. The summed E-state index contributed by atoms with van der Waals surface area (Å²) in [5, 5.41) is 14.3. The van der Waals surface area contributed by atoms with E-state index < -0.39 is 0 Å². The summed E-state index contributed by atoms with van der Waals surface area (Å²) in [5.41, 5.74) is 0.802. The highest BCUT2D eigenvalue weighted by Gasteiger charge is 2.20. The molecule has 6 heteroatoms. The second-order valence-corrected chi connectivity index (χ2v) is 5.89. The molecule has 1 aliphatic heterocycles. The number of nitrogens with one attached hydrogen (secondary N) is 1. The smallest absolute Gasteiger partial charge is 0.293 e. The molecule has 0 saturated carbocycles. The van der Waals surface area contributed by atoms with Gasteiger partial charge in [0, 0.05) is 15.7 Å². The van der Waals surface area contributed by atoms with E-state index in [9.17, 15) is 10.1 Å². The number of likely N-dealkylation sites (tertiary alicyclic amines) is 1. The number of hydrogen-bond donors (Lipinski definition) is 1. The number of piperidine rings is 1. The lowest BCUT2D eigenvalue weighted by Crippen LogP contribution is -2.36. The zero-order valence-corrected chi connectivity index (χ0v) is 12.4. The summed E-state index contributed by atoms with van der Waals surface area (Å²) in [6, 6.07) is 5.64. The molecule has 1 N–H and O–H groups in total. The van der Waals surface area contributed by atoms with Crippen molar-refractivity contribution >= 4 is 34.0 Å². The first-order valence-corrected chi connectivity index (χ1v) is 7.03. The summed E-state index contributed by atoms with van der Waals surface area (Å²) in [5.74, 6) is 0. The second-order valence-electron chi connectivity index (χ2n) is 4.64. The highest BCUT2D eigenvalue weighted by molar-refractivity contribution is 14.1. The molecule has 0 spiro atoms. The van der Waals surface area contributed by atoms with Crippen LogP contribution in [0.3, 0.4) is 0 Å². The molecule has 0 bridgehead atoms. The average Bonchev–Trinajstić information content (AvgIpc) is 2.34. The van der Waals surface area contributed by atoms with Gasteiger partial charge in [-0.3, -0.25) is 10.1 Å². The van der Waals surface area contributed by atoms with E-state index in [4.69, 9.17) is 0 Å². The van der Waals surface area contributed by atoms with Gasteiger partial charge in [-0.25, -0.2) is 0 Å². The van der Waals surface area contributed by atoms with E-state index in [1.54, 1.807) is 12.1 Å². The Labute approximate surface area is 120 Å². The molecule has 0 aromatic heterocycles. The topological polar surface area (TPSA) is 58.4 Å². The molecule has 1 heterocycles.